The van der Waals surface area contributed by atoms with Gasteiger partial charge < -0.3 is 10.2 Å². The zero-order valence-electron chi connectivity index (χ0n) is 21.8. The highest BCUT2D eigenvalue weighted by molar-refractivity contribution is 7.13. The quantitative estimate of drug-likeness (QED) is 0.358. The Hall–Kier alpha value is -4.36. The average Bonchev–Trinajstić information content (AvgIpc) is 3.62. The number of hydrogen-bond donors (Lipinski definition) is 2. The lowest BCUT2D eigenvalue weighted by Crippen LogP contribution is -2.43. The summed E-state index contributed by atoms with van der Waals surface area (Å²) in [5, 5.41) is 8.52. The van der Waals surface area contributed by atoms with Gasteiger partial charge in [0.2, 0.25) is 0 Å². The van der Waals surface area contributed by atoms with Gasteiger partial charge in [-0.2, -0.15) is 0 Å². The molecule has 9 heteroatoms. The molecule has 0 radical (unpaired) electrons. The zero-order chi connectivity index (χ0) is 27.3. The van der Waals surface area contributed by atoms with Crippen LogP contribution < -0.4 is 10.6 Å². The molecule has 2 aromatic heterocycles. The van der Waals surface area contributed by atoms with E-state index in [2.05, 4.69) is 37.3 Å². The van der Waals surface area contributed by atoms with Crippen LogP contribution in [0.4, 0.5) is 5.13 Å². The highest BCUT2D eigenvalue weighted by Gasteiger charge is 2.37. The first kappa shape index (κ1) is 25.9. The molecule has 1 unspecified atom stereocenters. The lowest BCUT2D eigenvalue weighted by molar-refractivity contribution is -0.120. The number of thiazole rings is 1. The summed E-state index contributed by atoms with van der Waals surface area (Å²) in [6, 6.07) is 18.2. The lowest BCUT2D eigenvalue weighted by Gasteiger charge is -2.27. The fraction of sp³-hybridized carbons (Fsp3) is 0.226. The van der Waals surface area contributed by atoms with Crippen LogP contribution in [0, 0.1) is 11.8 Å². The number of amides is 2. The molecule has 4 aromatic rings. The smallest absolute Gasteiger partial charge is 0.255 e. The highest BCUT2D eigenvalue weighted by Crippen LogP contribution is 2.33. The second kappa shape index (κ2) is 11.8. The summed E-state index contributed by atoms with van der Waals surface area (Å²) in [5.74, 6) is 5.85. The molecule has 1 fully saturated rings. The van der Waals surface area contributed by atoms with Crippen LogP contribution in [0.5, 0.6) is 0 Å². The van der Waals surface area contributed by atoms with Gasteiger partial charge in [0.15, 0.2) is 5.13 Å². The fourth-order valence-electron chi connectivity index (χ4n) is 5.01. The first-order chi connectivity index (χ1) is 19.6. The number of hydrogen-bond acceptors (Lipinski definition) is 7. The molecule has 0 aliphatic carbocycles. The number of fused-ring (bicyclic) bond motifs is 1. The van der Waals surface area contributed by atoms with Gasteiger partial charge in [-0.15, -0.1) is 11.3 Å². The van der Waals surface area contributed by atoms with Gasteiger partial charge in [0.05, 0.1) is 5.69 Å². The van der Waals surface area contributed by atoms with Crippen LogP contribution in [-0.2, 0) is 17.9 Å². The van der Waals surface area contributed by atoms with E-state index in [1.54, 1.807) is 22.7 Å². The van der Waals surface area contributed by atoms with E-state index < -0.39 is 6.04 Å². The summed E-state index contributed by atoms with van der Waals surface area (Å²) >= 11 is 1.34. The highest BCUT2D eigenvalue weighted by atomic mass is 32.1. The predicted molar refractivity (Wildman–Crippen MR) is 155 cm³/mol. The Kier molecular flexibility index (Phi) is 7.64. The van der Waals surface area contributed by atoms with Gasteiger partial charge in [-0.3, -0.25) is 24.8 Å². The Morgan fingerprint density at radius 3 is 2.58 bits per heavy atom. The van der Waals surface area contributed by atoms with Crippen molar-refractivity contribution >= 4 is 28.3 Å². The van der Waals surface area contributed by atoms with E-state index in [-0.39, 0.29) is 11.8 Å². The van der Waals surface area contributed by atoms with Crippen molar-refractivity contribution < 1.29 is 9.59 Å². The Morgan fingerprint density at radius 1 is 1.02 bits per heavy atom. The van der Waals surface area contributed by atoms with Gasteiger partial charge in [-0.05, 0) is 35.4 Å². The molecule has 0 saturated carbocycles. The topological polar surface area (TPSA) is 90.5 Å². The Balaban J connectivity index is 1.18. The maximum absolute atomic E-state index is 13.6. The summed E-state index contributed by atoms with van der Waals surface area (Å²) < 4.78 is 0. The number of aromatic nitrogens is 2. The Labute approximate surface area is 237 Å². The molecule has 2 N–H and O–H groups in total. The van der Waals surface area contributed by atoms with E-state index in [0.29, 0.717) is 17.2 Å². The van der Waals surface area contributed by atoms with E-state index in [1.165, 1.54) is 11.3 Å². The van der Waals surface area contributed by atoms with E-state index in [9.17, 15) is 9.59 Å². The van der Waals surface area contributed by atoms with Gasteiger partial charge in [0.1, 0.15) is 6.04 Å². The van der Waals surface area contributed by atoms with Gasteiger partial charge in [0, 0.05) is 73.7 Å². The molecule has 0 bridgehead atoms. The Bertz CT molecular complexity index is 1560. The number of carbonyl (C=O) groups excluding carboxylic acids is 2. The lowest BCUT2D eigenvalue weighted by atomic mass is 10.0. The second-order valence-electron chi connectivity index (χ2n) is 9.76. The molecule has 2 amide bonds. The Morgan fingerprint density at radius 2 is 1.82 bits per heavy atom. The van der Waals surface area contributed by atoms with E-state index in [0.717, 1.165) is 60.7 Å². The van der Waals surface area contributed by atoms with Crippen LogP contribution in [0.25, 0.3) is 0 Å². The van der Waals surface area contributed by atoms with E-state index in [4.69, 9.17) is 0 Å². The van der Waals surface area contributed by atoms with Crippen molar-refractivity contribution in [3.8, 4) is 11.8 Å². The minimum atomic E-state index is -0.787. The third-order valence-electron chi connectivity index (χ3n) is 7.05. The van der Waals surface area contributed by atoms with Crippen LogP contribution in [-0.4, -0.2) is 57.8 Å². The average molecular weight is 549 g/mol. The van der Waals surface area contributed by atoms with Crippen LogP contribution >= 0.6 is 11.3 Å². The standard InChI is InChI=1S/C31H28N6O2S/c38-29(35-31-33-14-17-40-31)28(24-4-2-1-3-5-24)37-20-25-10-8-22(18-27(25)30(37)39)6-7-23-9-11-26(34-19-23)21-36-15-12-32-13-16-36/h1-5,8-11,14,17-19,28,32H,12-13,15-16,20-21H2,(H,33,35,38). The number of nitrogens with zero attached hydrogens (tertiary/aromatic N) is 4. The maximum atomic E-state index is 13.6. The summed E-state index contributed by atoms with van der Waals surface area (Å²) in [7, 11) is 0. The van der Waals surface area contributed by atoms with Gasteiger partial charge >= 0.3 is 0 Å². The van der Waals surface area contributed by atoms with Crippen LogP contribution in [0.2, 0.25) is 0 Å². The molecule has 2 aliphatic rings. The molecule has 200 valence electrons. The van der Waals surface area contributed by atoms with E-state index >= 15 is 0 Å². The largest absolute Gasteiger partial charge is 0.318 e. The van der Waals surface area contributed by atoms with Crippen molar-refractivity contribution in [3.05, 3.63) is 112 Å². The molecule has 6 rings (SSSR count). The van der Waals surface area contributed by atoms with Crippen molar-refractivity contribution in [3.63, 3.8) is 0 Å². The van der Waals surface area contributed by atoms with Crippen molar-refractivity contribution in [2.45, 2.75) is 19.1 Å². The normalized spacial score (nSPS) is 15.7. The van der Waals surface area contributed by atoms with Gasteiger partial charge in [-0.1, -0.05) is 48.2 Å². The number of benzene rings is 2. The predicted octanol–water partition coefficient (Wildman–Crippen LogP) is 3.68. The van der Waals surface area contributed by atoms with Gasteiger partial charge in [0.25, 0.3) is 11.8 Å². The van der Waals surface area contributed by atoms with Gasteiger partial charge in [-0.25, -0.2) is 4.98 Å². The number of anilines is 1. The zero-order valence-corrected chi connectivity index (χ0v) is 22.7. The molecular weight excluding hydrogens is 520 g/mol. The maximum Gasteiger partial charge on any atom is 0.255 e. The number of piperazine rings is 1. The summed E-state index contributed by atoms with van der Waals surface area (Å²) in [4.78, 5) is 39.8. The number of nitrogens with one attached hydrogen (secondary N) is 2. The first-order valence-corrected chi connectivity index (χ1v) is 14.1. The number of carbonyl (C=O) groups is 2. The van der Waals surface area contributed by atoms with Crippen molar-refractivity contribution in [2.75, 3.05) is 31.5 Å². The SMILES string of the molecule is O=C(Nc1nccs1)C(c1ccccc1)N1Cc2ccc(C#Cc3ccc(CN4CCNCC4)nc3)cc2C1=O. The molecule has 4 heterocycles. The fourth-order valence-corrected chi connectivity index (χ4v) is 5.54. The second-order valence-corrected chi connectivity index (χ2v) is 10.7. The number of pyridine rings is 1. The summed E-state index contributed by atoms with van der Waals surface area (Å²) in [5.41, 5.74) is 4.77. The third-order valence-corrected chi connectivity index (χ3v) is 7.74. The molecule has 1 atom stereocenters. The summed E-state index contributed by atoms with van der Waals surface area (Å²) in [6.07, 6.45) is 3.44. The molecule has 0 spiro atoms. The van der Waals surface area contributed by atoms with Crippen molar-refractivity contribution in [2.24, 2.45) is 0 Å². The number of rotatable bonds is 6. The molecule has 2 aromatic carbocycles. The molecule has 8 nitrogen and oxygen atoms in total. The summed E-state index contributed by atoms with van der Waals surface area (Å²) in [6.45, 7) is 5.26. The van der Waals surface area contributed by atoms with Crippen LogP contribution in [0.15, 0.2) is 78.4 Å². The monoisotopic (exact) mass is 548 g/mol. The molecular formula is C31H28N6O2S. The van der Waals surface area contributed by atoms with E-state index in [1.807, 2.05) is 60.7 Å². The molecule has 40 heavy (non-hydrogen) atoms. The van der Waals surface area contributed by atoms with Crippen molar-refractivity contribution in [1.82, 2.24) is 25.1 Å². The van der Waals surface area contributed by atoms with Crippen molar-refractivity contribution in [1.29, 1.82) is 0 Å². The third kappa shape index (κ3) is 5.80. The minimum Gasteiger partial charge on any atom is -0.318 e. The first-order valence-electron chi connectivity index (χ1n) is 13.2. The molecule has 1 saturated heterocycles. The molecule has 2 aliphatic heterocycles. The van der Waals surface area contributed by atoms with Crippen LogP contribution in [0.1, 0.15) is 44.3 Å². The van der Waals surface area contributed by atoms with Crippen LogP contribution in [0.3, 0.4) is 0 Å². The minimum absolute atomic E-state index is 0.194.